The molecule has 1 atom stereocenters. The van der Waals surface area contributed by atoms with Crippen LogP contribution in [0.4, 0.5) is 0 Å². The average Bonchev–Trinajstić information content (AvgIpc) is 3.01. The summed E-state index contributed by atoms with van der Waals surface area (Å²) in [5.41, 5.74) is 0. The molecule has 3 rings (SSSR count). The van der Waals surface area contributed by atoms with Crippen molar-refractivity contribution in [3.05, 3.63) is 53.4 Å². The number of rotatable bonds is 6. The van der Waals surface area contributed by atoms with Crippen molar-refractivity contribution in [2.75, 3.05) is 26.2 Å². The number of halogens is 1. The average molecular weight is 393 g/mol. The van der Waals surface area contributed by atoms with Gasteiger partial charge in [0.15, 0.2) is 0 Å². The van der Waals surface area contributed by atoms with Crippen LogP contribution < -0.4 is 0 Å². The summed E-state index contributed by atoms with van der Waals surface area (Å²) >= 11 is 7.65. The van der Waals surface area contributed by atoms with E-state index in [1.807, 2.05) is 41.3 Å². The number of carbonyl (C=O) groups is 1. The van der Waals surface area contributed by atoms with Gasteiger partial charge in [-0.1, -0.05) is 18.5 Å². The minimum atomic E-state index is 0.242. The minimum absolute atomic E-state index is 0.242. The van der Waals surface area contributed by atoms with Gasteiger partial charge in [-0.15, -0.1) is 11.8 Å². The summed E-state index contributed by atoms with van der Waals surface area (Å²) < 4.78 is 5.43. The molecule has 4 nitrogen and oxygen atoms in total. The Kier molecular flexibility index (Phi) is 7.06. The molecular formula is C20H25ClN2O2S. The molecule has 0 radical (unpaired) electrons. The third-order valence-electron chi connectivity index (χ3n) is 4.51. The zero-order valence-electron chi connectivity index (χ0n) is 15.1. The fourth-order valence-corrected chi connectivity index (χ4v) is 4.27. The molecule has 1 aromatic heterocycles. The van der Waals surface area contributed by atoms with Crippen LogP contribution >= 0.6 is 23.4 Å². The number of furan rings is 1. The molecule has 0 aliphatic carbocycles. The first-order chi connectivity index (χ1) is 12.6. The Morgan fingerprint density at radius 2 is 2.00 bits per heavy atom. The van der Waals surface area contributed by atoms with Gasteiger partial charge >= 0.3 is 0 Å². The van der Waals surface area contributed by atoms with Gasteiger partial charge < -0.3 is 9.32 Å². The van der Waals surface area contributed by atoms with Gasteiger partial charge in [0, 0.05) is 47.8 Å². The quantitative estimate of drug-likeness (QED) is 0.676. The molecule has 2 heterocycles. The molecule has 1 saturated heterocycles. The molecule has 1 fully saturated rings. The number of nitrogens with zero attached hydrogens (tertiary/aromatic N) is 2. The fourth-order valence-electron chi connectivity index (χ4n) is 3.16. The van der Waals surface area contributed by atoms with Crippen molar-refractivity contribution in [1.82, 2.24) is 9.80 Å². The first-order valence-electron chi connectivity index (χ1n) is 9.05. The number of hydrogen-bond acceptors (Lipinski definition) is 4. The maximum Gasteiger partial charge on any atom is 0.223 e. The van der Waals surface area contributed by atoms with E-state index >= 15 is 0 Å². The van der Waals surface area contributed by atoms with Crippen LogP contribution in [0.3, 0.4) is 0 Å². The third-order valence-corrected chi connectivity index (χ3v) is 5.88. The summed E-state index contributed by atoms with van der Waals surface area (Å²) in [6.07, 6.45) is 3.28. The molecule has 1 unspecified atom stereocenters. The minimum Gasteiger partial charge on any atom is -0.468 e. The Balaban J connectivity index is 1.46. The first kappa shape index (κ1) is 19.3. The summed E-state index contributed by atoms with van der Waals surface area (Å²) in [6.45, 7) is 6.45. The number of amides is 1. The Bertz CT molecular complexity index is 690. The second kappa shape index (κ2) is 9.49. The largest absolute Gasteiger partial charge is 0.468 e. The molecule has 0 bridgehead atoms. The molecule has 1 amide bonds. The second-order valence-electron chi connectivity index (χ2n) is 6.68. The Labute approximate surface area is 164 Å². The highest BCUT2D eigenvalue weighted by Crippen LogP contribution is 2.27. The monoisotopic (exact) mass is 392 g/mol. The van der Waals surface area contributed by atoms with Gasteiger partial charge in [-0.05, 0) is 42.8 Å². The van der Waals surface area contributed by atoms with Crippen LogP contribution in [0.5, 0.6) is 0 Å². The van der Waals surface area contributed by atoms with Crippen LogP contribution in [0, 0.1) is 0 Å². The van der Waals surface area contributed by atoms with Gasteiger partial charge in [-0.3, -0.25) is 9.69 Å². The van der Waals surface area contributed by atoms with Crippen LogP contribution in [-0.2, 0) is 11.3 Å². The van der Waals surface area contributed by atoms with Gasteiger partial charge in [0.1, 0.15) is 5.76 Å². The molecule has 140 valence electrons. The van der Waals surface area contributed by atoms with Crippen molar-refractivity contribution in [3.8, 4) is 0 Å². The number of carbonyl (C=O) groups excluding carboxylic acids is 1. The molecule has 0 spiro atoms. The summed E-state index contributed by atoms with van der Waals surface area (Å²) in [6, 6.07) is 11.7. The lowest BCUT2D eigenvalue weighted by molar-refractivity contribution is -0.131. The molecule has 1 aliphatic heterocycles. The normalized spacial score (nSPS) is 17.1. The van der Waals surface area contributed by atoms with Crippen molar-refractivity contribution in [2.24, 2.45) is 0 Å². The van der Waals surface area contributed by atoms with E-state index in [0.717, 1.165) is 54.8 Å². The number of thioether (sulfide) groups is 1. The van der Waals surface area contributed by atoms with E-state index in [9.17, 15) is 4.79 Å². The summed E-state index contributed by atoms with van der Waals surface area (Å²) in [5.74, 6) is 1.23. The molecule has 2 aromatic rings. The highest BCUT2D eigenvalue weighted by atomic mass is 35.5. The Morgan fingerprint density at radius 3 is 2.73 bits per heavy atom. The third kappa shape index (κ3) is 5.79. The second-order valence-corrected chi connectivity index (χ2v) is 8.62. The Hall–Kier alpha value is -1.43. The first-order valence-corrected chi connectivity index (χ1v) is 10.3. The van der Waals surface area contributed by atoms with E-state index in [0.29, 0.717) is 6.42 Å². The summed E-state index contributed by atoms with van der Waals surface area (Å²) in [4.78, 5) is 18.2. The summed E-state index contributed by atoms with van der Waals surface area (Å²) in [7, 11) is 0. The highest BCUT2D eigenvalue weighted by Gasteiger charge is 2.21. The smallest absolute Gasteiger partial charge is 0.223 e. The van der Waals surface area contributed by atoms with Gasteiger partial charge in [-0.25, -0.2) is 0 Å². The van der Waals surface area contributed by atoms with Gasteiger partial charge in [0.25, 0.3) is 0 Å². The SMILES string of the molecule is CC(CC(=O)N1CCCN(Cc2ccco2)CC1)Sc1ccc(Cl)cc1. The maximum absolute atomic E-state index is 12.7. The van der Waals surface area contributed by atoms with E-state index in [1.54, 1.807) is 18.0 Å². The van der Waals surface area contributed by atoms with Crippen molar-refractivity contribution >= 4 is 29.3 Å². The topological polar surface area (TPSA) is 36.7 Å². The van der Waals surface area contributed by atoms with E-state index < -0.39 is 0 Å². The zero-order chi connectivity index (χ0) is 18.4. The van der Waals surface area contributed by atoms with Crippen molar-refractivity contribution in [2.45, 2.75) is 36.5 Å². The van der Waals surface area contributed by atoms with Gasteiger partial charge in [-0.2, -0.15) is 0 Å². The molecule has 1 aromatic carbocycles. The van der Waals surface area contributed by atoms with Crippen LogP contribution in [-0.4, -0.2) is 47.1 Å². The van der Waals surface area contributed by atoms with E-state index in [-0.39, 0.29) is 11.2 Å². The van der Waals surface area contributed by atoms with Crippen molar-refractivity contribution < 1.29 is 9.21 Å². The van der Waals surface area contributed by atoms with Crippen molar-refractivity contribution in [1.29, 1.82) is 0 Å². The van der Waals surface area contributed by atoms with Crippen LogP contribution in [0.15, 0.2) is 52.0 Å². The number of hydrogen-bond donors (Lipinski definition) is 0. The molecule has 0 saturated carbocycles. The van der Waals surface area contributed by atoms with E-state index in [1.165, 1.54) is 0 Å². The van der Waals surface area contributed by atoms with E-state index in [4.69, 9.17) is 16.0 Å². The van der Waals surface area contributed by atoms with E-state index in [2.05, 4.69) is 11.8 Å². The van der Waals surface area contributed by atoms with Crippen LogP contribution in [0.1, 0.15) is 25.5 Å². The molecular weight excluding hydrogens is 368 g/mol. The highest BCUT2D eigenvalue weighted by molar-refractivity contribution is 8.00. The van der Waals surface area contributed by atoms with Crippen molar-refractivity contribution in [3.63, 3.8) is 0 Å². The predicted molar refractivity (Wildman–Crippen MR) is 107 cm³/mol. The number of benzene rings is 1. The van der Waals surface area contributed by atoms with Gasteiger partial charge in [0.05, 0.1) is 12.8 Å². The predicted octanol–water partition coefficient (Wildman–Crippen LogP) is 4.54. The lowest BCUT2D eigenvalue weighted by Crippen LogP contribution is -2.36. The summed E-state index contributed by atoms with van der Waals surface area (Å²) in [5, 5.41) is 0.980. The lowest BCUT2D eigenvalue weighted by Gasteiger charge is -2.23. The zero-order valence-corrected chi connectivity index (χ0v) is 16.6. The molecule has 0 N–H and O–H groups in total. The lowest BCUT2D eigenvalue weighted by atomic mass is 10.3. The molecule has 26 heavy (non-hydrogen) atoms. The van der Waals surface area contributed by atoms with Gasteiger partial charge in [0.2, 0.25) is 5.91 Å². The molecule has 6 heteroatoms. The maximum atomic E-state index is 12.7. The fraction of sp³-hybridized carbons (Fsp3) is 0.450. The van der Waals surface area contributed by atoms with Crippen LogP contribution in [0.25, 0.3) is 0 Å². The standard InChI is InChI=1S/C20H25ClN2O2S/c1-16(26-19-7-5-17(21)6-8-19)14-20(24)23-10-3-9-22(11-12-23)15-18-4-2-13-25-18/h2,4-8,13,16H,3,9-12,14-15H2,1H3. The van der Waals surface area contributed by atoms with Crippen LogP contribution in [0.2, 0.25) is 5.02 Å². The molecule has 1 aliphatic rings. The Morgan fingerprint density at radius 1 is 1.19 bits per heavy atom.